The minimum absolute atomic E-state index is 0.175. The van der Waals surface area contributed by atoms with Crippen molar-refractivity contribution >= 4 is 34.0 Å². The lowest BCUT2D eigenvalue weighted by Crippen LogP contribution is -2.33. The second-order valence-electron chi connectivity index (χ2n) is 4.55. The Morgan fingerprint density at radius 3 is 2.65 bits per heavy atom. The third-order valence-electron chi connectivity index (χ3n) is 3.49. The molecule has 1 aromatic carbocycles. The summed E-state index contributed by atoms with van der Waals surface area (Å²) in [6.45, 7) is 2.99. The zero-order chi connectivity index (χ0) is 12.4. The fourth-order valence-electron chi connectivity index (χ4n) is 2.64. The van der Waals surface area contributed by atoms with Crippen LogP contribution in [0.15, 0.2) is 12.1 Å². The Morgan fingerprint density at radius 2 is 2.06 bits per heavy atom. The minimum atomic E-state index is -0.175. The van der Waals surface area contributed by atoms with Crippen LogP contribution in [0.5, 0.6) is 0 Å². The summed E-state index contributed by atoms with van der Waals surface area (Å²) < 4.78 is 14.2. The smallest absolute Gasteiger partial charge is 0.138 e. The molecule has 2 N–H and O–H groups in total. The molecule has 1 fully saturated rings. The molecule has 0 amide bonds. The second-order valence-corrected chi connectivity index (χ2v) is 5.71. The van der Waals surface area contributed by atoms with Crippen molar-refractivity contribution in [2.45, 2.75) is 38.6 Å². The summed E-state index contributed by atoms with van der Waals surface area (Å²) >= 11 is 1.98. The fourth-order valence-corrected chi connectivity index (χ4v) is 3.13. The molecule has 2 nitrogen and oxygen atoms in total. The first-order valence-electron chi connectivity index (χ1n) is 6.14. The number of hydrogen-bond donors (Lipinski definition) is 1. The van der Waals surface area contributed by atoms with Gasteiger partial charge in [0.05, 0.1) is 14.9 Å². The molecule has 0 aromatic heterocycles. The highest BCUT2D eigenvalue weighted by Crippen LogP contribution is 2.33. The molecule has 0 bridgehead atoms. The number of nitrogens with two attached hydrogens (primary N) is 1. The molecule has 2 rings (SSSR count). The molecule has 1 saturated carbocycles. The Hall–Kier alpha value is -0.520. The van der Waals surface area contributed by atoms with Crippen LogP contribution < -0.4 is 10.6 Å². The van der Waals surface area contributed by atoms with Crippen LogP contribution in [0.2, 0.25) is 0 Å². The molecule has 94 valence electrons. The van der Waals surface area contributed by atoms with Crippen LogP contribution in [0, 0.1) is 9.39 Å². The van der Waals surface area contributed by atoms with Gasteiger partial charge < -0.3 is 10.6 Å². The monoisotopic (exact) mass is 348 g/mol. The summed E-state index contributed by atoms with van der Waals surface area (Å²) in [6.07, 6.45) is 4.93. The molecule has 0 spiro atoms. The Bertz CT molecular complexity index is 403. The molecular formula is C13H18FIN2. The zero-order valence-electron chi connectivity index (χ0n) is 10.0. The van der Waals surface area contributed by atoms with Crippen LogP contribution in [0.25, 0.3) is 0 Å². The Labute approximate surface area is 116 Å². The van der Waals surface area contributed by atoms with E-state index in [0.29, 0.717) is 15.3 Å². The summed E-state index contributed by atoms with van der Waals surface area (Å²) in [4.78, 5) is 2.25. The topological polar surface area (TPSA) is 29.3 Å². The molecule has 1 aromatic rings. The van der Waals surface area contributed by atoms with Gasteiger partial charge in [0, 0.05) is 18.7 Å². The highest BCUT2D eigenvalue weighted by atomic mass is 127. The quantitative estimate of drug-likeness (QED) is 0.665. The van der Waals surface area contributed by atoms with E-state index in [2.05, 4.69) is 11.8 Å². The van der Waals surface area contributed by atoms with Crippen molar-refractivity contribution in [3.63, 3.8) is 0 Å². The molecule has 0 saturated heterocycles. The van der Waals surface area contributed by atoms with E-state index in [1.54, 1.807) is 12.1 Å². The van der Waals surface area contributed by atoms with Crippen LogP contribution in [-0.2, 0) is 0 Å². The molecule has 17 heavy (non-hydrogen) atoms. The summed E-state index contributed by atoms with van der Waals surface area (Å²) in [5, 5.41) is 0. The first-order valence-corrected chi connectivity index (χ1v) is 7.22. The first kappa shape index (κ1) is 12.9. The van der Waals surface area contributed by atoms with Crippen molar-refractivity contribution in [3.05, 3.63) is 21.5 Å². The molecule has 0 atom stereocenters. The fraction of sp³-hybridized carbons (Fsp3) is 0.538. The van der Waals surface area contributed by atoms with E-state index in [1.807, 2.05) is 22.6 Å². The van der Waals surface area contributed by atoms with Gasteiger partial charge in [0.2, 0.25) is 0 Å². The van der Waals surface area contributed by atoms with E-state index in [0.717, 1.165) is 12.2 Å². The van der Waals surface area contributed by atoms with E-state index in [4.69, 9.17) is 5.73 Å². The van der Waals surface area contributed by atoms with Crippen molar-refractivity contribution in [1.82, 2.24) is 0 Å². The predicted molar refractivity (Wildman–Crippen MR) is 78.8 cm³/mol. The standard InChI is InChI=1S/C13H18FIN2/c1-2-17(9-5-3-4-6-9)13-7-10(14)11(15)8-12(13)16/h7-9H,2-6,16H2,1H3. The summed E-state index contributed by atoms with van der Waals surface area (Å²) in [5.74, 6) is -0.175. The summed E-state index contributed by atoms with van der Waals surface area (Å²) in [6, 6.07) is 3.84. The van der Waals surface area contributed by atoms with Gasteiger partial charge in [-0.1, -0.05) is 12.8 Å². The van der Waals surface area contributed by atoms with Crippen LogP contribution in [0.1, 0.15) is 32.6 Å². The van der Waals surface area contributed by atoms with E-state index >= 15 is 0 Å². The third kappa shape index (κ3) is 2.67. The first-order chi connectivity index (χ1) is 8.13. The van der Waals surface area contributed by atoms with Crippen LogP contribution >= 0.6 is 22.6 Å². The molecule has 1 aliphatic rings. The van der Waals surface area contributed by atoms with Crippen molar-refractivity contribution in [2.75, 3.05) is 17.2 Å². The minimum Gasteiger partial charge on any atom is -0.397 e. The maximum Gasteiger partial charge on any atom is 0.138 e. The van der Waals surface area contributed by atoms with Gasteiger partial charge in [0.1, 0.15) is 5.82 Å². The molecule has 0 aliphatic heterocycles. The number of nitrogens with zero attached hydrogens (tertiary/aromatic N) is 1. The molecule has 4 heteroatoms. The second kappa shape index (κ2) is 5.42. The number of hydrogen-bond acceptors (Lipinski definition) is 2. The lowest BCUT2D eigenvalue weighted by molar-refractivity contribution is 0.603. The zero-order valence-corrected chi connectivity index (χ0v) is 12.2. The molecule has 0 heterocycles. The highest BCUT2D eigenvalue weighted by Gasteiger charge is 2.23. The number of nitrogen functional groups attached to an aromatic ring is 1. The summed E-state index contributed by atoms with van der Waals surface area (Å²) in [7, 11) is 0. The normalized spacial score (nSPS) is 16.4. The van der Waals surface area contributed by atoms with Crippen LogP contribution in [-0.4, -0.2) is 12.6 Å². The van der Waals surface area contributed by atoms with E-state index in [-0.39, 0.29) is 5.82 Å². The number of anilines is 2. The lowest BCUT2D eigenvalue weighted by atomic mass is 10.1. The average molecular weight is 348 g/mol. The number of rotatable bonds is 3. The molecule has 1 aliphatic carbocycles. The molecule has 0 radical (unpaired) electrons. The van der Waals surface area contributed by atoms with E-state index in [9.17, 15) is 4.39 Å². The van der Waals surface area contributed by atoms with Gasteiger partial charge in [0.25, 0.3) is 0 Å². The van der Waals surface area contributed by atoms with Crippen molar-refractivity contribution in [3.8, 4) is 0 Å². The van der Waals surface area contributed by atoms with Gasteiger partial charge in [-0.3, -0.25) is 0 Å². The molecule has 0 unspecified atom stereocenters. The number of benzene rings is 1. The Balaban J connectivity index is 2.32. The SMILES string of the molecule is CCN(c1cc(F)c(I)cc1N)C1CCCC1. The van der Waals surface area contributed by atoms with Crippen molar-refractivity contribution in [1.29, 1.82) is 0 Å². The Kier molecular flexibility index (Phi) is 4.12. The van der Waals surface area contributed by atoms with Gasteiger partial charge in [-0.15, -0.1) is 0 Å². The van der Waals surface area contributed by atoms with E-state index < -0.39 is 0 Å². The lowest BCUT2D eigenvalue weighted by Gasteiger charge is -2.31. The third-order valence-corrected chi connectivity index (χ3v) is 4.31. The van der Waals surface area contributed by atoms with Gasteiger partial charge in [0.15, 0.2) is 0 Å². The van der Waals surface area contributed by atoms with Gasteiger partial charge >= 0.3 is 0 Å². The van der Waals surface area contributed by atoms with Crippen molar-refractivity contribution in [2.24, 2.45) is 0 Å². The van der Waals surface area contributed by atoms with Gasteiger partial charge in [-0.05, 0) is 48.4 Å². The maximum atomic E-state index is 13.7. The molecular weight excluding hydrogens is 330 g/mol. The predicted octanol–water partition coefficient (Wildman–Crippen LogP) is 3.78. The van der Waals surface area contributed by atoms with Crippen molar-refractivity contribution < 1.29 is 4.39 Å². The van der Waals surface area contributed by atoms with Gasteiger partial charge in [-0.2, -0.15) is 0 Å². The van der Waals surface area contributed by atoms with Crippen LogP contribution in [0.3, 0.4) is 0 Å². The highest BCUT2D eigenvalue weighted by molar-refractivity contribution is 14.1. The Morgan fingerprint density at radius 1 is 1.41 bits per heavy atom. The largest absolute Gasteiger partial charge is 0.397 e. The van der Waals surface area contributed by atoms with Crippen LogP contribution in [0.4, 0.5) is 15.8 Å². The number of halogens is 2. The van der Waals surface area contributed by atoms with E-state index in [1.165, 1.54) is 25.7 Å². The summed E-state index contributed by atoms with van der Waals surface area (Å²) in [5.41, 5.74) is 7.56. The van der Waals surface area contributed by atoms with Gasteiger partial charge in [-0.25, -0.2) is 4.39 Å². The maximum absolute atomic E-state index is 13.7. The average Bonchev–Trinajstić information content (AvgIpc) is 2.80.